The number of nitrogens with one attached hydrogen (secondary N) is 1. The SMILES string of the molecule is CCCOCC(=O)NCC(C)(O)C(C)C. The van der Waals surface area contributed by atoms with Gasteiger partial charge in [-0.2, -0.15) is 0 Å². The molecule has 0 fully saturated rings. The van der Waals surface area contributed by atoms with Crippen molar-refractivity contribution < 1.29 is 14.6 Å². The minimum atomic E-state index is -0.861. The van der Waals surface area contributed by atoms with Crippen LogP contribution in [0, 0.1) is 5.92 Å². The third-order valence-corrected chi connectivity index (χ3v) is 2.47. The second kappa shape index (κ2) is 6.80. The van der Waals surface area contributed by atoms with Gasteiger partial charge in [-0.25, -0.2) is 0 Å². The highest BCUT2D eigenvalue weighted by Crippen LogP contribution is 2.14. The molecule has 0 bridgehead atoms. The minimum absolute atomic E-state index is 0.0714. The van der Waals surface area contributed by atoms with Gasteiger partial charge in [0, 0.05) is 13.2 Å². The van der Waals surface area contributed by atoms with Crippen LogP contribution in [0.4, 0.5) is 0 Å². The molecule has 0 rings (SSSR count). The van der Waals surface area contributed by atoms with Crippen LogP contribution < -0.4 is 5.32 Å². The number of aliphatic hydroxyl groups is 1. The highest BCUT2D eigenvalue weighted by Gasteiger charge is 2.25. The van der Waals surface area contributed by atoms with Gasteiger partial charge in [-0.1, -0.05) is 20.8 Å². The molecule has 0 aliphatic heterocycles. The van der Waals surface area contributed by atoms with Gasteiger partial charge in [0.15, 0.2) is 0 Å². The van der Waals surface area contributed by atoms with E-state index in [9.17, 15) is 9.90 Å². The normalized spacial score (nSPS) is 15.1. The molecule has 1 unspecified atom stereocenters. The van der Waals surface area contributed by atoms with E-state index in [2.05, 4.69) is 5.32 Å². The van der Waals surface area contributed by atoms with E-state index in [1.54, 1.807) is 6.92 Å². The zero-order valence-corrected chi connectivity index (χ0v) is 10.2. The number of ether oxygens (including phenoxy) is 1. The second-order valence-electron chi connectivity index (χ2n) is 4.34. The van der Waals surface area contributed by atoms with E-state index in [-0.39, 0.29) is 25.0 Å². The first-order valence-corrected chi connectivity index (χ1v) is 5.47. The lowest BCUT2D eigenvalue weighted by atomic mass is 9.93. The molecule has 0 spiro atoms. The number of carbonyl (C=O) groups is 1. The Morgan fingerprint density at radius 2 is 2.13 bits per heavy atom. The van der Waals surface area contributed by atoms with E-state index in [1.807, 2.05) is 20.8 Å². The van der Waals surface area contributed by atoms with Crippen molar-refractivity contribution in [3.05, 3.63) is 0 Å². The van der Waals surface area contributed by atoms with Crippen LogP contribution in [0.15, 0.2) is 0 Å². The third kappa shape index (κ3) is 6.47. The van der Waals surface area contributed by atoms with Crippen LogP contribution >= 0.6 is 0 Å². The third-order valence-electron chi connectivity index (χ3n) is 2.47. The van der Waals surface area contributed by atoms with Gasteiger partial charge >= 0.3 is 0 Å². The molecule has 0 saturated heterocycles. The maximum absolute atomic E-state index is 11.2. The van der Waals surface area contributed by atoms with Gasteiger partial charge in [-0.05, 0) is 19.3 Å². The molecule has 0 saturated carbocycles. The van der Waals surface area contributed by atoms with Crippen LogP contribution in [-0.2, 0) is 9.53 Å². The Bertz CT molecular complexity index is 190. The molecular formula is C11H23NO3. The van der Waals surface area contributed by atoms with Gasteiger partial charge in [-0.15, -0.1) is 0 Å². The van der Waals surface area contributed by atoms with Gasteiger partial charge in [0.25, 0.3) is 0 Å². The van der Waals surface area contributed by atoms with Crippen molar-refractivity contribution in [2.24, 2.45) is 5.92 Å². The molecule has 0 aliphatic rings. The molecular weight excluding hydrogens is 194 g/mol. The van der Waals surface area contributed by atoms with Crippen LogP contribution in [0.5, 0.6) is 0 Å². The Kier molecular flexibility index (Phi) is 6.52. The zero-order valence-electron chi connectivity index (χ0n) is 10.2. The van der Waals surface area contributed by atoms with Crippen molar-refractivity contribution in [3.8, 4) is 0 Å². The largest absolute Gasteiger partial charge is 0.388 e. The average molecular weight is 217 g/mol. The van der Waals surface area contributed by atoms with Crippen molar-refractivity contribution >= 4 is 5.91 Å². The zero-order chi connectivity index (χ0) is 11.9. The van der Waals surface area contributed by atoms with Gasteiger partial charge in [0.1, 0.15) is 6.61 Å². The Labute approximate surface area is 92.0 Å². The first kappa shape index (κ1) is 14.4. The Hall–Kier alpha value is -0.610. The quantitative estimate of drug-likeness (QED) is 0.624. The fourth-order valence-electron chi connectivity index (χ4n) is 0.842. The van der Waals surface area contributed by atoms with Gasteiger partial charge in [-0.3, -0.25) is 4.79 Å². The van der Waals surface area contributed by atoms with E-state index in [1.165, 1.54) is 0 Å². The summed E-state index contributed by atoms with van der Waals surface area (Å²) in [6.45, 7) is 8.46. The fourth-order valence-corrected chi connectivity index (χ4v) is 0.842. The molecule has 4 nitrogen and oxygen atoms in total. The molecule has 90 valence electrons. The van der Waals surface area contributed by atoms with E-state index >= 15 is 0 Å². The van der Waals surface area contributed by atoms with Crippen LogP contribution in [0.25, 0.3) is 0 Å². The average Bonchev–Trinajstić information content (AvgIpc) is 2.15. The number of hydrogen-bond donors (Lipinski definition) is 2. The van der Waals surface area contributed by atoms with E-state index in [4.69, 9.17) is 4.74 Å². The topological polar surface area (TPSA) is 58.6 Å². The second-order valence-corrected chi connectivity index (χ2v) is 4.34. The molecule has 0 aliphatic carbocycles. The van der Waals surface area contributed by atoms with Crippen LogP contribution in [0.2, 0.25) is 0 Å². The molecule has 0 aromatic heterocycles. The highest BCUT2D eigenvalue weighted by molar-refractivity contribution is 5.77. The maximum atomic E-state index is 11.2. The van der Waals surface area contributed by atoms with Crippen molar-refractivity contribution in [2.75, 3.05) is 19.8 Å². The summed E-state index contributed by atoms with van der Waals surface area (Å²) in [6.07, 6.45) is 0.900. The summed E-state index contributed by atoms with van der Waals surface area (Å²) in [5, 5.41) is 12.5. The van der Waals surface area contributed by atoms with Crippen molar-refractivity contribution in [2.45, 2.75) is 39.7 Å². The van der Waals surface area contributed by atoms with Gasteiger partial charge in [0.05, 0.1) is 5.60 Å². The summed E-state index contributed by atoms with van der Waals surface area (Å²) in [6, 6.07) is 0. The van der Waals surface area contributed by atoms with Gasteiger partial charge < -0.3 is 15.2 Å². The number of hydrogen-bond acceptors (Lipinski definition) is 3. The Morgan fingerprint density at radius 1 is 1.53 bits per heavy atom. The molecule has 0 aromatic carbocycles. The minimum Gasteiger partial charge on any atom is -0.388 e. The van der Waals surface area contributed by atoms with Crippen LogP contribution in [-0.4, -0.2) is 36.4 Å². The standard InChI is InChI=1S/C11H23NO3/c1-5-6-15-7-10(13)12-8-11(4,14)9(2)3/h9,14H,5-8H2,1-4H3,(H,12,13). The Balaban J connectivity index is 3.71. The highest BCUT2D eigenvalue weighted by atomic mass is 16.5. The summed E-state index contributed by atoms with van der Waals surface area (Å²) in [7, 11) is 0. The predicted octanol–water partition coefficient (Wildman–Crippen LogP) is 0.936. The lowest BCUT2D eigenvalue weighted by molar-refractivity contribution is -0.127. The molecule has 0 aromatic rings. The molecule has 0 radical (unpaired) electrons. The molecule has 15 heavy (non-hydrogen) atoms. The summed E-state index contributed by atoms with van der Waals surface area (Å²) < 4.78 is 5.08. The fraction of sp³-hybridized carbons (Fsp3) is 0.909. The summed E-state index contributed by atoms with van der Waals surface area (Å²) in [5.74, 6) is -0.0706. The number of rotatable bonds is 7. The summed E-state index contributed by atoms with van der Waals surface area (Å²) in [4.78, 5) is 11.2. The van der Waals surface area contributed by atoms with Crippen molar-refractivity contribution in [1.82, 2.24) is 5.32 Å². The van der Waals surface area contributed by atoms with Crippen molar-refractivity contribution in [3.63, 3.8) is 0 Å². The first-order valence-electron chi connectivity index (χ1n) is 5.47. The number of carbonyl (C=O) groups excluding carboxylic acids is 1. The molecule has 0 heterocycles. The molecule has 4 heteroatoms. The van der Waals surface area contributed by atoms with E-state index in [0.717, 1.165) is 6.42 Å². The number of amides is 1. The van der Waals surface area contributed by atoms with Crippen molar-refractivity contribution in [1.29, 1.82) is 0 Å². The maximum Gasteiger partial charge on any atom is 0.246 e. The lowest BCUT2D eigenvalue weighted by Gasteiger charge is -2.27. The summed E-state index contributed by atoms with van der Waals surface area (Å²) >= 11 is 0. The molecule has 2 N–H and O–H groups in total. The lowest BCUT2D eigenvalue weighted by Crippen LogP contribution is -2.45. The van der Waals surface area contributed by atoms with Gasteiger partial charge in [0.2, 0.25) is 5.91 Å². The monoisotopic (exact) mass is 217 g/mol. The van der Waals surface area contributed by atoms with Crippen LogP contribution in [0.1, 0.15) is 34.1 Å². The smallest absolute Gasteiger partial charge is 0.246 e. The summed E-state index contributed by atoms with van der Waals surface area (Å²) in [5.41, 5.74) is -0.861. The molecule has 1 atom stereocenters. The van der Waals surface area contributed by atoms with E-state index < -0.39 is 5.60 Å². The van der Waals surface area contributed by atoms with E-state index in [0.29, 0.717) is 6.61 Å². The first-order chi connectivity index (χ1) is 6.90. The predicted molar refractivity (Wildman–Crippen MR) is 59.6 cm³/mol. The van der Waals surface area contributed by atoms with Crippen LogP contribution in [0.3, 0.4) is 0 Å². The Morgan fingerprint density at radius 3 is 2.60 bits per heavy atom. The molecule has 1 amide bonds.